The van der Waals surface area contributed by atoms with Crippen molar-refractivity contribution in [1.29, 1.82) is 0 Å². The summed E-state index contributed by atoms with van der Waals surface area (Å²) >= 11 is 0. The first kappa shape index (κ1) is 13.2. The molecule has 14 heavy (non-hydrogen) atoms. The number of amides is 1. The van der Waals surface area contributed by atoms with Crippen molar-refractivity contribution in [2.24, 2.45) is 0 Å². The van der Waals surface area contributed by atoms with Gasteiger partial charge >= 0.3 is 0 Å². The average Bonchev–Trinajstić information content (AvgIpc) is 2.20. The summed E-state index contributed by atoms with van der Waals surface area (Å²) < 4.78 is 0.930. The normalized spacial score (nSPS) is 11.1. The first-order valence-electron chi connectivity index (χ1n) is 5.30. The molecule has 3 nitrogen and oxygen atoms in total. The molecule has 0 aliphatic rings. The third-order valence-corrected chi connectivity index (χ3v) is 2.98. The van der Waals surface area contributed by atoms with Gasteiger partial charge < -0.3 is 9.80 Å². The Bertz CT molecular complexity index is 199. The number of carbonyl (C=O) groups excluding carboxylic acids is 1. The first-order chi connectivity index (χ1) is 6.51. The lowest BCUT2D eigenvalue weighted by Crippen LogP contribution is -2.54. The maximum atomic E-state index is 11.3. The third kappa shape index (κ3) is 3.50. The van der Waals surface area contributed by atoms with Crippen LogP contribution >= 0.6 is 0 Å². The predicted octanol–water partition coefficient (Wildman–Crippen LogP) is 1.51. The SMILES string of the molecule is C=C(C)C(=O)NC[N+](CC)(CC)CC. The van der Waals surface area contributed by atoms with Crippen LogP contribution < -0.4 is 5.32 Å². The van der Waals surface area contributed by atoms with E-state index in [1.165, 1.54) is 0 Å². The summed E-state index contributed by atoms with van der Waals surface area (Å²) in [5, 5.41) is 2.91. The average molecular weight is 199 g/mol. The molecule has 0 atom stereocenters. The van der Waals surface area contributed by atoms with Crippen molar-refractivity contribution in [3.8, 4) is 0 Å². The van der Waals surface area contributed by atoms with Crippen molar-refractivity contribution in [3.63, 3.8) is 0 Å². The molecule has 0 aromatic rings. The van der Waals surface area contributed by atoms with Gasteiger partial charge in [-0.25, -0.2) is 0 Å². The van der Waals surface area contributed by atoms with Crippen molar-refractivity contribution in [3.05, 3.63) is 12.2 Å². The van der Waals surface area contributed by atoms with Gasteiger partial charge in [0.1, 0.15) is 0 Å². The van der Waals surface area contributed by atoms with Gasteiger partial charge in [0.15, 0.2) is 6.67 Å². The van der Waals surface area contributed by atoms with Crippen LogP contribution in [0.25, 0.3) is 0 Å². The number of nitrogens with zero attached hydrogens (tertiary/aromatic N) is 1. The molecule has 0 rings (SSSR count). The van der Waals surface area contributed by atoms with Gasteiger partial charge in [0, 0.05) is 5.57 Å². The molecule has 0 spiro atoms. The van der Waals surface area contributed by atoms with Gasteiger partial charge in [-0.3, -0.25) is 4.79 Å². The minimum atomic E-state index is -0.0390. The predicted molar refractivity (Wildman–Crippen MR) is 59.7 cm³/mol. The summed E-state index contributed by atoms with van der Waals surface area (Å²) in [5.74, 6) is -0.0390. The number of rotatable bonds is 6. The molecule has 0 fully saturated rings. The maximum Gasteiger partial charge on any atom is 0.250 e. The minimum Gasteiger partial charge on any atom is -0.307 e. The molecule has 0 radical (unpaired) electrons. The number of hydrogen-bond donors (Lipinski definition) is 1. The van der Waals surface area contributed by atoms with Gasteiger partial charge in [0.2, 0.25) is 0 Å². The number of carbonyl (C=O) groups is 1. The maximum absolute atomic E-state index is 11.3. The highest BCUT2D eigenvalue weighted by molar-refractivity contribution is 5.91. The van der Waals surface area contributed by atoms with E-state index < -0.39 is 0 Å². The number of nitrogens with one attached hydrogen (secondary N) is 1. The highest BCUT2D eigenvalue weighted by atomic mass is 16.1. The summed E-state index contributed by atoms with van der Waals surface area (Å²) in [6.07, 6.45) is 0. The fourth-order valence-corrected chi connectivity index (χ4v) is 1.40. The summed E-state index contributed by atoms with van der Waals surface area (Å²) in [7, 11) is 0. The molecule has 0 aromatic carbocycles. The van der Waals surface area contributed by atoms with E-state index in [4.69, 9.17) is 0 Å². The first-order valence-corrected chi connectivity index (χ1v) is 5.30. The number of hydrogen-bond acceptors (Lipinski definition) is 1. The van der Waals surface area contributed by atoms with Crippen molar-refractivity contribution >= 4 is 5.91 Å². The van der Waals surface area contributed by atoms with E-state index in [1.54, 1.807) is 6.92 Å². The molecule has 0 bridgehead atoms. The van der Waals surface area contributed by atoms with Crippen molar-refractivity contribution in [1.82, 2.24) is 5.32 Å². The smallest absolute Gasteiger partial charge is 0.250 e. The van der Waals surface area contributed by atoms with Crippen LogP contribution in [-0.2, 0) is 4.79 Å². The van der Waals surface area contributed by atoms with Crippen LogP contribution in [0.5, 0.6) is 0 Å². The van der Waals surface area contributed by atoms with Crippen LogP contribution in [0.3, 0.4) is 0 Å². The molecule has 0 heterocycles. The summed E-state index contributed by atoms with van der Waals surface area (Å²) in [6, 6.07) is 0. The molecule has 0 unspecified atom stereocenters. The second-order valence-corrected chi connectivity index (χ2v) is 3.73. The Morgan fingerprint density at radius 1 is 1.21 bits per heavy atom. The van der Waals surface area contributed by atoms with E-state index >= 15 is 0 Å². The zero-order chi connectivity index (χ0) is 11.2. The summed E-state index contributed by atoms with van der Waals surface area (Å²) in [4.78, 5) is 11.3. The van der Waals surface area contributed by atoms with E-state index in [1.807, 2.05) is 0 Å². The van der Waals surface area contributed by atoms with Crippen molar-refractivity contribution < 1.29 is 9.28 Å². The minimum absolute atomic E-state index is 0.0390. The fourth-order valence-electron chi connectivity index (χ4n) is 1.40. The molecule has 82 valence electrons. The molecule has 0 aliphatic heterocycles. The van der Waals surface area contributed by atoms with E-state index in [-0.39, 0.29) is 5.91 Å². The quantitative estimate of drug-likeness (QED) is 0.392. The van der Waals surface area contributed by atoms with Crippen LogP contribution in [0, 0.1) is 0 Å². The van der Waals surface area contributed by atoms with Crippen LogP contribution in [0.15, 0.2) is 12.2 Å². The Labute approximate surface area is 87.4 Å². The molecule has 0 aliphatic carbocycles. The fraction of sp³-hybridized carbons (Fsp3) is 0.727. The summed E-state index contributed by atoms with van der Waals surface area (Å²) in [5.41, 5.74) is 0.575. The molecular formula is C11H23N2O+. The van der Waals surface area contributed by atoms with Gasteiger partial charge in [-0.15, -0.1) is 0 Å². The van der Waals surface area contributed by atoms with E-state index in [0.717, 1.165) is 24.1 Å². The van der Waals surface area contributed by atoms with Gasteiger partial charge in [-0.1, -0.05) is 6.58 Å². The summed E-state index contributed by atoms with van der Waals surface area (Å²) in [6.45, 7) is 15.6. The molecule has 3 heteroatoms. The highest BCUT2D eigenvalue weighted by Crippen LogP contribution is 2.03. The largest absolute Gasteiger partial charge is 0.307 e. The molecule has 1 N–H and O–H groups in total. The molecule has 1 amide bonds. The Morgan fingerprint density at radius 2 is 1.64 bits per heavy atom. The number of quaternary nitrogens is 1. The van der Waals surface area contributed by atoms with Crippen LogP contribution in [-0.4, -0.2) is 36.7 Å². The van der Waals surface area contributed by atoms with Gasteiger partial charge in [0.05, 0.1) is 19.6 Å². The van der Waals surface area contributed by atoms with E-state index in [9.17, 15) is 4.79 Å². The lowest BCUT2D eigenvalue weighted by molar-refractivity contribution is -0.924. The highest BCUT2D eigenvalue weighted by Gasteiger charge is 2.20. The Morgan fingerprint density at radius 3 is 1.93 bits per heavy atom. The Hall–Kier alpha value is -0.830. The Kier molecular flexibility index (Phi) is 5.46. The van der Waals surface area contributed by atoms with Gasteiger partial charge in [-0.2, -0.15) is 0 Å². The lowest BCUT2D eigenvalue weighted by atomic mass is 10.3. The van der Waals surface area contributed by atoms with E-state index in [0.29, 0.717) is 12.2 Å². The van der Waals surface area contributed by atoms with Crippen molar-refractivity contribution in [2.45, 2.75) is 27.7 Å². The zero-order valence-corrected chi connectivity index (χ0v) is 9.89. The molecular weight excluding hydrogens is 176 g/mol. The van der Waals surface area contributed by atoms with Crippen molar-refractivity contribution in [2.75, 3.05) is 26.3 Å². The third-order valence-electron chi connectivity index (χ3n) is 2.98. The van der Waals surface area contributed by atoms with Gasteiger partial charge in [0.25, 0.3) is 5.91 Å². The molecule has 0 saturated carbocycles. The Balaban J connectivity index is 4.19. The monoisotopic (exact) mass is 199 g/mol. The zero-order valence-electron chi connectivity index (χ0n) is 9.89. The standard InChI is InChI=1S/C11H22N2O/c1-6-13(7-2,8-3)9-12-11(14)10(4)5/h4,6-9H2,1-3,5H3/p+1. The second-order valence-electron chi connectivity index (χ2n) is 3.73. The topological polar surface area (TPSA) is 29.1 Å². The van der Waals surface area contributed by atoms with Gasteiger partial charge in [-0.05, 0) is 27.7 Å². The van der Waals surface area contributed by atoms with Crippen LogP contribution in [0.4, 0.5) is 0 Å². The van der Waals surface area contributed by atoms with Crippen LogP contribution in [0.2, 0.25) is 0 Å². The van der Waals surface area contributed by atoms with Crippen LogP contribution in [0.1, 0.15) is 27.7 Å². The molecule has 0 aromatic heterocycles. The van der Waals surface area contributed by atoms with E-state index in [2.05, 4.69) is 32.7 Å². The lowest BCUT2D eigenvalue weighted by Gasteiger charge is -2.35. The second kappa shape index (κ2) is 5.81. The molecule has 0 saturated heterocycles.